The van der Waals surface area contributed by atoms with Crippen molar-refractivity contribution in [1.82, 2.24) is 28.1 Å². The Morgan fingerprint density at radius 2 is 2.15 bits per heavy atom. The van der Waals surface area contributed by atoms with Crippen LogP contribution in [0.15, 0.2) is 18.3 Å². The van der Waals surface area contributed by atoms with E-state index in [9.17, 15) is 4.79 Å². The van der Waals surface area contributed by atoms with Crippen LogP contribution in [-0.4, -0.2) is 74.5 Å². The summed E-state index contributed by atoms with van der Waals surface area (Å²) in [5.41, 5.74) is 2.40. The van der Waals surface area contributed by atoms with Gasteiger partial charge in [0.05, 0.1) is 19.9 Å². The maximum absolute atomic E-state index is 12.1. The van der Waals surface area contributed by atoms with E-state index in [4.69, 9.17) is 0 Å². The molecule has 0 saturated carbocycles. The largest absolute Gasteiger partial charge is 0.355 e. The van der Waals surface area contributed by atoms with Gasteiger partial charge in [0.1, 0.15) is 6.29 Å². The number of nitrogens with one attached hydrogen (secondary N) is 1. The topological polar surface area (TPSA) is 55.0 Å². The molecule has 2 fully saturated rings. The minimum Gasteiger partial charge on any atom is -0.355 e. The van der Waals surface area contributed by atoms with Crippen LogP contribution in [0.1, 0.15) is 37.9 Å². The Kier molecular flexibility index (Phi) is 7.83. The Labute approximate surface area is 176 Å². The Morgan fingerprint density at radius 1 is 1.30 bits per heavy atom. The van der Waals surface area contributed by atoms with Crippen molar-refractivity contribution in [2.24, 2.45) is 0 Å². The van der Waals surface area contributed by atoms with E-state index in [1.165, 1.54) is 5.56 Å². The second kappa shape index (κ2) is 10.1. The van der Waals surface area contributed by atoms with Crippen molar-refractivity contribution in [3.63, 3.8) is 0 Å². The quantitative estimate of drug-likeness (QED) is 0.344. The number of hydrogen-bond acceptors (Lipinski definition) is 6. The molecule has 1 atom stereocenters. The number of aromatic nitrogens is 1. The fraction of sp³-hybridized carbons (Fsp3) is 0.684. The molecule has 1 aromatic heterocycles. The Morgan fingerprint density at radius 3 is 2.85 bits per heavy atom. The van der Waals surface area contributed by atoms with Crippen LogP contribution in [0.2, 0.25) is 0 Å². The minimum atomic E-state index is 0.129. The van der Waals surface area contributed by atoms with Gasteiger partial charge >= 0.3 is 0 Å². The number of amides is 1. The Bertz CT molecular complexity index is 613. The van der Waals surface area contributed by atoms with Crippen molar-refractivity contribution in [2.45, 2.75) is 45.9 Å². The van der Waals surface area contributed by atoms with Gasteiger partial charge in [-0.2, -0.15) is 0 Å². The van der Waals surface area contributed by atoms with E-state index in [1.807, 2.05) is 6.20 Å². The van der Waals surface area contributed by atoms with Crippen LogP contribution in [-0.2, 0) is 17.8 Å². The summed E-state index contributed by atoms with van der Waals surface area (Å²) in [5.74, 6) is 0.129. The number of nitrogens with zero attached hydrogens (tertiary/aromatic N) is 5. The summed E-state index contributed by atoms with van der Waals surface area (Å²) in [6.07, 6.45) is 5.42. The van der Waals surface area contributed by atoms with Gasteiger partial charge in [-0.15, -0.1) is 0 Å². The number of carbonyl (C=O) groups excluding carboxylic acids is 1. The molecule has 1 N–H and O–H groups in total. The van der Waals surface area contributed by atoms with E-state index >= 15 is 0 Å². The van der Waals surface area contributed by atoms with Crippen molar-refractivity contribution >= 4 is 28.8 Å². The zero-order valence-electron chi connectivity index (χ0n) is 16.4. The number of fused-ring (bicyclic) bond motifs is 1. The molecule has 150 valence electrons. The molecule has 1 amide bonds. The van der Waals surface area contributed by atoms with E-state index in [-0.39, 0.29) is 12.2 Å². The molecule has 3 heterocycles. The van der Waals surface area contributed by atoms with Gasteiger partial charge in [-0.25, -0.2) is 3.11 Å². The van der Waals surface area contributed by atoms with Gasteiger partial charge < -0.3 is 5.32 Å². The van der Waals surface area contributed by atoms with Crippen molar-refractivity contribution in [1.29, 1.82) is 0 Å². The molecule has 1 aromatic rings. The Balaban J connectivity index is 1.52. The van der Waals surface area contributed by atoms with Gasteiger partial charge in [0.15, 0.2) is 0 Å². The first kappa shape index (κ1) is 20.9. The number of pyridine rings is 1. The standard InChI is InChI=1S/C19H31IN6O/c1-3-5-8-21-18(27)13-23-14-25-10-9-24(19(25)26(20)15-23)12-16-6-7-17(4-2)22-11-16/h6-7,11,19H,3-5,8-10,12-15H2,1-2H3,(H,21,27). The van der Waals surface area contributed by atoms with E-state index in [1.54, 1.807) is 0 Å². The van der Waals surface area contributed by atoms with Gasteiger partial charge in [-0.05, 0) is 24.5 Å². The maximum atomic E-state index is 12.1. The van der Waals surface area contributed by atoms with Gasteiger partial charge in [-0.3, -0.25) is 24.5 Å². The molecule has 27 heavy (non-hydrogen) atoms. The summed E-state index contributed by atoms with van der Waals surface area (Å²) in [5, 5.41) is 3.02. The highest BCUT2D eigenvalue weighted by Gasteiger charge is 2.40. The predicted molar refractivity (Wildman–Crippen MR) is 115 cm³/mol. The minimum absolute atomic E-state index is 0.129. The SMILES string of the molecule is CCCCNC(=O)CN1CN(I)C2N(Cc3ccc(CC)nc3)CCN2C1. The summed E-state index contributed by atoms with van der Waals surface area (Å²) in [7, 11) is 0. The molecule has 2 aliphatic heterocycles. The van der Waals surface area contributed by atoms with Crippen LogP contribution < -0.4 is 5.32 Å². The highest BCUT2D eigenvalue weighted by Crippen LogP contribution is 2.27. The van der Waals surface area contributed by atoms with Crippen LogP contribution in [0, 0.1) is 0 Å². The zero-order valence-corrected chi connectivity index (χ0v) is 18.6. The summed E-state index contributed by atoms with van der Waals surface area (Å²) in [6, 6.07) is 4.33. The number of rotatable bonds is 8. The normalized spacial score (nSPS) is 22.1. The number of hydrogen-bond donors (Lipinski definition) is 1. The third-order valence-electron chi connectivity index (χ3n) is 5.15. The lowest BCUT2D eigenvalue weighted by atomic mass is 10.2. The second-order valence-electron chi connectivity index (χ2n) is 7.36. The molecular formula is C19H31IN6O. The summed E-state index contributed by atoms with van der Waals surface area (Å²) in [4.78, 5) is 23.8. The molecule has 2 aliphatic rings. The molecule has 0 aliphatic carbocycles. The smallest absolute Gasteiger partial charge is 0.234 e. The van der Waals surface area contributed by atoms with E-state index < -0.39 is 0 Å². The number of aryl methyl sites for hydroxylation is 1. The van der Waals surface area contributed by atoms with Crippen LogP contribution in [0.4, 0.5) is 0 Å². The molecule has 3 rings (SSSR count). The van der Waals surface area contributed by atoms with Gasteiger partial charge in [0, 0.05) is 60.9 Å². The van der Waals surface area contributed by atoms with Crippen LogP contribution >= 0.6 is 22.9 Å². The van der Waals surface area contributed by atoms with E-state index in [0.29, 0.717) is 6.54 Å². The molecule has 2 saturated heterocycles. The lowest BCUT2D eigenvalue weighted by Gasteiger charge is -2.44. The van der Waals surface area contributed by atoms with Gasteiger partial charge in [0.25, 0.3) is 0 Å². The molecule has 0 bridgehead atoms. The molecule has 0 spiro atoms. The third-order valence-corrected chi connectivity index (χ3v) is 5.95. The number of unbranched alkanes of at least 4 members (excludes halogenated alkanes) is 1. The van der Waals surface area contributed by atoms with Crippen molar-refractivity contribution in [2.75, 3.05) is 39.5 Å². The van der Waals surface area contributed by atoms with E-state index in [2.05, 4.69) is 77.0 Å². The molecule has 7 nitrogen and oxygen atoms in total. The van der Waals surface area contributed by atoms with Crippen molar-refractivity contribution in [3.05, 3.63) is 29.6 Å². The van der Waals surface area contributed by atoms with Gasteiger partial charge in [0.2, 0.25) is 5.91 Å². The van der Waals surface area contributed by atoms with Gasteiger partial charge in [-0.1, -0.05) is 26.3 Å². The summed E-state index contributed by atoms with van der Waals surface area (Å²) in [6.45, 7) is 10.1. The maximum Gasteiger partial charge on any atom is 0.234 e. The van der Waals surface area contributed by atoms with Crippen LogP contribution in [0.3, 0.4) is 0 Å². The zero-order chi connectivity index (χ0) is 19.2. The summed E-state index contributed by atoms with van der Waals surface area (Å²) >= 11 is 2.40. The lowest BCUT2D eigenvalue weighted by molar-refractivity contribution is -0.126. The van der Waals surface area contributed by atoms with E-state index in [0.717, 1.165) is 64.5 Å². The highest BCUT2D eigenvalue weighted by molar-refractivity contribution is 14.1. The average Bonchev–Trinajstić information content (AvgIpc) is 3.05. The first-order chi connectivity index (χ1) is 13.1. The fourth-order valence-corrected chi connectivity index (χ4v) is 4.84. The molecular weight excluding hydrogens is 455 g/mol. The molecule has 1 unspecified atom stereocenters. The molecule has 0 radical (unpaired) electrons. The summed E-state index contributed by atoms with van der Waals surface area (Å²) < 4.78 is 2.31. The number of halogens is 1. The first-order valence-corrected chi connectivity index (χ1v) is 10.9. The Hall–Kier alpha value is -0.810. The second-order valence-corrected chi connectivity index (χ2v) is 8.59. The average molecular weight is 486 g/mol. The predicted octanol–water partition coefficient (Wildman–Crippen LogP) is 1.84. The monoisotopic (exact) mass is 486 g/mol. The first-order valence-electron chi connectivity index (χ1n) is 9.94. The van der Waals surface area contributed by atoms with Crippen LogP contribution in [0.5, 0.6) is 0 Å². The van der Waals surface area contributed by atoms with Crippen LogP contribution in [0.25, 0.3) is 0 Å². The van der Waals surface area contributed by atoms with Crippen molar-refractivity contribution < 1.29 is 4.79 Å². The molecule has 0 aromatic carbocycles. The third kappa shape index (κ3) is 5.60. The van der Waals surface area contributed by atoms with Crippen molar-refractivity contribution in [3.8, 4) is 0 Å². The molecule has 8 heteroatoms. The lowest BCUT2D eigenvalue weighted by Crippen LogP contribution is -2.60. The number of carbonyl (C=O) groups is 1. The fourth-order valence-electron chi connectivity index (χ4n) is 3.70. The highest BCUT2D eigenvalue weighted by atomic mass is 127.